The van der Waals surface area contributed by atoms with E-state index in [1.165, 1.54) is 0 Å². The molecule has 2 nitrogen and oxygen atoms in total. The standard InChI is InChI=1S/C7H9NO/c1-6-2-7(3-6,4-8)5-9-6/h2-3,5H2,1H3. The molecule has 0 atom stereocenters. The molecule has 1 saturated carbocycles. The second-order valence-electron chi connectivity index (χ2n) is 3.48. The van der Waals surface area contributed by atoms with Crippen LogP contribution in [0.5, 0.6) is 0 Å². The highest BCUT2D eigenvalue weighted by atomic mass is 16.5. The number of rotatable bonds is 0. The van der Waals surface area contributed by atoms with Gasteiger partial charge in [0.05, 0.1) is 23.7 Å². The van der Waals surface area contributed by atoms with Crippen molar-refractivity contribution in [2.24, 2.45) is 5.41 Å². The van der Waals surface area contributed by atoms with Gasteiger partial charge in [0.25, 0.3) is 0 Å². The Morgan fingerprint density at radius 3 is 2.44 bits per heavy atom. The molecule has 0 unspecified atom stereocenters. The van der Waals surface area contributed by atoms with Crippen LogP contribution in [0.3, 0.4) is 0 Å². The van der Waals surface area contributed by atoms with E-state index in [1.807, 2.05) is 0 Å². The van der Waals surface area contributed by atoms with Crippen molar-refractivity contribution in [1.82, 2.24) is 0 Å². The van der Waals surface area contributed by atoms with Crippen LogP contribution in [0.25, 0.3) is 0 Å². The van der Waals surface area contributed by atoms with E-state index in [0.29, 0.717) is 6.61 Å². The number of nitrogens with zero attached hydrogens (tertiary/aromatic N) is 1. The molecule has 1 aliphatic carbocycles. The lowest BCUT2D eigenvalue weighted by atomic mass is 9.64. The summed E-state index contributed by atoms with van der Waals surface area (Å²) in [5, 5.41) is 8.65. The molecule has 0 aromatic rings. The van der Waals surface area contributed by atoms with Gasteiger partial charge in [-0.15, -0.1) is 0 Å². The van der Waals surface area contributed by atoms with Crippen LogP contribution in [0.2, 0.25) is 0 Å². The fourth-order valence-electron chi connectivity index (χ4n) is 2.01. The quantitative estimate of drug-likeness (QED) is 0.483. The van der Waals surface area contributed by atoms with E-state index in [-0.39, 0.29) is 11.0 Å². The van der Waals surface area contributed by atoms with Crippen LogP contribution >= 0.6 is 0 Å². The first-order chi connectivity index (χ1) is 4.18. The lowest BCUT2D eigenvalue weighted by molar-refractivity contribution is 0.0128. The highest BCUT2D eigenvalue weighted by Gasteiger charge is 2.60. The fourth-order valence-corrected chi connectivity index (χ4v) is 2.01. The molecule has 3 aliphatic rings. The summed E-state index contributed by atoms with van der Waals surface area (Å²) in [4.78, 5) is 0. The summed E-state index contributed by atoms with van der Waals surface area (Å²) >= 11 is 0. The predicted octanol–water partition coefficient (Wildman–Crippen LogP) is 1.08. The molecule has 2 saturated heterocycles. The van der Waals surface area contributed by atoms with Gasteiger partial charge in [0.2, 0.25) is 0 Å². The van der Waals surface area contributed by atoms with Gasteiger partial charge >= 0.3 is 0 Å². The van der Waals surface area contributed by atoms with Crippen molar-refractivity contribution in [1.29, 1.82) is 5.26 Å². The summed E-state index contributed by atoms with van der Waals surface area (Å²) in [6, 6.07) is 2.31. The molecule has 48 valence electrons. The summed E-state index contributed by atoms with van der Waals surface area (Å²) in [5.41, 5.74) is 0.00444. The van der Waals surface area contributed by atoms with E-state index >= 15 is 0 Å². The van der Waals surface area contributed by atoms with Gasteiger partial charge in [0, 0.05) is 0 Å². The maximum Gasteiger partial charge on any atom is 0.0861 e. The zero-order chi connectivity index (χ0) is 6.54. The molecule has 0 spiro atoms. The third-order valence-corrected chi connectivity index (χ3v) is 2.36. The van der Waals surface area contributed by atoms with Crippen LogP contribution < -0.4 is 0 Å². The maximum atomic E-state index is 8.65. The Morgan fingerprint density at radius 2 is 2.22 bits per heavy atom. The van der Waals surface area contributed by atoms with E-state index < -0.39 is 0 Å². The van der Waals surface area contributed by atoms with Crippen LogP contribution in [-0.4, -0.2) is 12.2 Å². The third-order valence-electron chi connectivity index (χ3n) is 2.36. The van der Waals surface area contributed by atoms with Crippen molar-refractivity contribution in [3.63, 3.8) is 0 Å². The highest BCUT2D eigenvalue weighted by molar-refractivity contribution is 5.18. The summed E-state index contributed by atoms with van der Waals surface area (Å²) in [7, 11) is 0. The summed E-state index contributed by atoms with van der Waals surface area (Å²) in [6.07, 6.45) is 1.91. The second kappa shape index (κ2) is 1.15. The van der Waals surface area contributed by atoms with Gasteiger partial charge < -0.3 is 4.74 Å². The minimum absolute atomic E-state index is 0.0747. The van der Waals surface area contributed by atoms with Crippen LogP contribution in [0.1, 0.15) is 19.8 Å². The van der Waals surface area contributed by atoms with Crippen molar-refractivity contribution >= 4 is 0 Å². The minimum atomic E-state index is -0.0747. The van der Waals surface area contributed by atoms with Gasteiger partial charge in [-0.2, -0.15) is 5.26 Å². The average molecular weight is 123 g/mol. The first-order valence-corrected chi connectivity index (χ1v) is 3.23. The van der Waals surface area contributed by atoms with Crippen molar-refractivity contribution in [2.45, 2.75) is 25.4 Å². The minimum Gasteiger partial charge on any atom is -0.374 e. The maximum absolute atomic E-state index is 8.65. The van der Waals surface area contributed by atoms with Crippen LogP contribution in [-0.2, 0) is 4.74 Å². The Morgan fingerprint density at radius 1 is 1.56 bits per heavy atom. The number of nitriles is 1. The molecular formula is C7H9NO. The smallest absolute Gasteiger partial charge is 0.0861 e. The van der Waals surface area contributed by atoms with Gasteiger partial charge in [-0.05, 0) is 19.8 Å². The SMILES string of the molecule is CC12CC(C#N)(CO1)C2. The number of ether oxygens (including phenoxy) is 1. The molecule has 0 amide bonds. The molecule has 9 heavy (non-hydrogen) atoms. The first-order valence-electron chi connectivity index (χ1n) is 3.23. The Balaban J connectivity index is 2.24. The monoisotopic (exact) mass is 123 g/mol. The van der Waals surface area contributed by atoms with E-state index in [9.17, 15) is 0 Å². The molecule has 2 bridgehead atoms. The van der Waals surface area contributed by atoms with Crippen LogP contribution in [0.15, 0.2) is 0 Å². The van der Waals surface area contributed by atoms with Gasteiger partial charge in [-0.3, -0.25) is 0 Å². The van der Waals surface area contributed by atoms with Gasteiger partial charge in [-0.25, -0.2) is 0 Å². The van der Waals surface area contributed by atoms with Crippen LogP contribution in [0.4, 0.5) is 0 Å². The Hall–Kier alpha value is -0.550. The van der Waals surface area contributed by atoms with Crippen molar-refractivity contribution in [3.8, 4) is 6.07 Å². The zero-order valence-corrected chi connectivity index (χ0v) is 5.48. The van der Waals surface area contributed by atoms with Crippen LogP contribution in [0, 0.1) is 16.7 Å². The molecule has 2 aliphatic heterocycles. The molecule has 0 aromatic heterocycles. The molecule has 3 rings (SSSR count). The van der Waals surface area contributed by atoms with Gasteiger partial charge in [-0.1, -0.05) is 0 Å². The Bertz CT molecular complexity index is 186. The topological polar surface area (TPSA) is 33.0 Å². The largest absolute Gasteiger partial charge is 0.374 e. The Labute approximate surface area is 54.4 Å². The number of hydrogen-bond donors (Lipinski definition) is 0. The molecule has 2 heterocycles. The van der Waals surface area contributed by atoms with Crippen molar-refractivity contribution in [2.75, 3.05) is 6.61 Å². The normalized spacial score (nSPS) is 54.2. The molecule has 0 N–H and O–H groups in total. The average Bonchev–Trinajstić information content (AvgIpc) is 2.20. The first kappa shape index (κ1) is 5.25. The molecule has 0 radical (unpaired) electrons. The summed E-state index contributed by atoms with van der Waals surface area (Å²) in [5.74, 6) is 0. The van der Waals surface area contributed by atoms with E-state index in [2.05, 4.69) is 13.0 Å². The number of fused-ring (bicyclic) bond motifs is 1. The second-order valence-corrected chi connectivity index (χ2v) is 3.48. The van der Waals surface area contributed by atoms with Gasteiger partial charge in [0.1, 0.15) is 0 Å². The summed E-state index contributed by atoms with van der Waals surface area (Å²) < 4.78 is 5.39. The van der Waals surface area contributed by atoms with Crippen molar-refractivity contribution < 1.29 is 4.74 Å². The number of hydrogen-bond acceptors (Lipinski definition) is 2. The lowest BCUT2D eigenvalue weighted by Gasteiger charge is -2.36. The zero-order valence-electron chi connectivity index (χ0n) is 5.48. The van der Waals surface area contributed by atoms with Crippen molar-refractivity contribution in [3.05, 3.63) is 0 Å². The van der Waals surface area contributed by atoms with E-state index in [1.54, 1.807) is 0 Å². The van der Waals surface area contributed by atoms with E-state index in [4.69, 9.17) is 10.00 Å². The molecule has 0 aromatic carbocycles. The van der Waals surface area contributed by atoms with Gasteiger partial charge in [0.15, 0.2) is 0 Å². The fraction of sp³-hybridized carbons (Fsp3) is 0.857. The summed E-state index contributed by atoms with van der Waals surface area (Å²) in [6.45, 7) is 2.75. The molecular weight excluding hydrogens is 114 g/mol. The van der Waals surface area contributed by atoms with E-state index in [0.717, 1.165) is 12.8 Å². The molecule has 2 heteroatoms. The molecule has 3 fully saturated rings. The lowest BCUT2D eigenvalue weighted by Crippen LogP contribution is -2.40. The Kier molecular flexibility index (Phi) is 0.668. The predicted molar refractivity (Wildman–Crippen MR) is 31.6 cm³/mol. The third kappa shape index (κ3) is 0.481. The highest BCUT2D eigenvalue weighted by Crippen LogP contribution is 2.56.